The molecular formula is C51H36N2. The summed E-state index contributed by atoms with van der Waals surface area (Å²) >= 11 is 0. The van der Waals surface area contributed by atoms with E-state index in [-0.39, 0.29) is 5.41 Å². The lowest BCUT2D eigenvalue weighted by atomic mass is 9.81. The minimum absolute atomic E-state index is 0.138. The summed E-state index contributed by atoms with van der Waals surface area (Å²) in [4.78, 5) is 0. The van der Waals surface area contributed by atoms with Gasteiger partial charge in [0.15, 0.2) is 0 Å². The fourth-order valence-corrected chi connectivity index (χ4v) is 9.31. The van der Waals surface area contributed by atoms with E-state index in [1.54, 1.807) is 0 Å². The minimum Gasteiger partial charge on any atom is -0.309 e. The second-order valence-corrected chi connectivity index (χ2v) is 15.0. The van der Waals surface area contributed by atoms with E-state index in [9.17, 15) is 0 Å². The van der Waals surface area contributed by atoms with Crippen molar-refractivity contribution in [2.45, 2.75) is 19.3 Å². The van der Waals surface area contributed by atoms with Crippen LogP contribution in [-0.2, 0) is 5.41 Å². The Morgan fingerprint density at radius 1 is 0.358 bits per heavy atom. The molecule has 0 N–H and O–H groups in total. The molecule has 0 aliphatic heterocycles. The Labute approximate surface area is 308 Å². The molecule has 11 rings (SSSR count). The van der Waals surface area contributed by atoms with Gasteiger partial charge in [-0.2, -0.15) is 0 Å². The van der Waals surface area contributed by atoms with E-state index in [0.717, 1.165) is 5.69 Å². The van der Waals surface area contributed by atoms with Gasteiger partial charge in [-0.15, -0.1) is 0 Å². The first-order chi connectivity index (χ1) is 26.1. The summed E-state index contributed by atoms with van der Waals surface area (Å²) in [6, 6.07) is 67.1. The van der Waals surface area contributed by atoms with E-state index in [0.29, 0.717) is 0 Å². The molecule has 2 heteroatoms. The van der Waals surface area contributed by atoms with Gasteiger partial charge in [-0.25, -0.2) is 0 Å². The molecule has 53 heavy (non-hydrogen) atoms. The van der Waals surface area contributed by atoms with Crippen LogP contribution in [-0.4, -0.2) is 9.13 Å². The lowest BCUT2D eigenvalue weighted by Crippen LogP contribution is -2.18. The normalized spacial score (nSPS) is 13.2. The predicted molar refractivity (Wildman–Crippen MR) is 224 cm³/mol. The Hall–Kier alpha value is -6.64. The molecule has 10 aromatic rings. The third-order valence-corrected chi connectivity index (χ3v) is 11.7. The molecule has 8 aromatic carbocycles. The SMILES string of the molecule is CC1(C)c2ccccc2-c2cccc(-n3c4ccccc4c4cc5c(cc43)c3ccccc3n5-c3cc(-c4ccccc4)cc(-c4ccccc4)c3)c21. The topological polar surface area (TPSA) is 9.86 Å². The number of rotatable bonds is 4. The highest BCUT2D eigenvalue weighted by Crippen LogP contribution is 2.52. The van der Waals surface area contributed by atoms with Gasteiger partial charge in [-0.05, 0) is 93.0 Å². The van der Waals surface area contributed by atoms with Crippen LogP contribution in [0.2, 0.25) is 0 Å². The summed E-state index contributed by atoms with van der Waals surface area (Å²) in [6.45, 7) is 4.77. The predicted octanol–water partition coefficient (Wildman–Crippen LogP) is 13.5. The number of benzene rings is 8. The van der Waals surface area contributed by atoms with Crippen molar-refractivity contribution in [1.82, 2.24) is 9.13 Å². The maximum absolute atomic E-state index is 2.53. The smallest absolute Gasteiger partial charge is 0.0548 e. The number of hydrogen-bond donors (Lipinski definition) is 0. The van der Waals surface area contributed by atoms with Gasteiger partial charge < -0.3 is 9.13 Å². The summed E-state index contributed by atoms with van der Waals surface area (Å²) in [5.41, 5.74) is 17.4. The Balaban J connectivity index is 1.23. The maximum atomic E-state index is 2.53. The van der Waals surface area contributed by atoms with Crippen molar-refractivity contribution in [2.75, 3.05) is 0 Å². The van der Waals surface area contributed by atoms with Crippen LogP contribution in [0.5, 0.6) is 0 Å². The van der Waals surface area contributed by atoms with Gasteiger partial charge in [0.25, 0.3) is 0 Å². The van der Waals surface area contributed by atoms with Crippen molar-refractivity contribution in [3.05, 3.63) is 193 Å². The zero-order valence-corrected chi connectivity index (χ0v) is 29.7. The van der Waals surface area contributed by atoms with Gasteiger partial charge in [0.05, 0.1) is 27.8 Å². The van der Waals surface area contributed by atoms with Crippen LogP contribution in [0.25, 0.3) is 88.4 Å². The molecular weight excluding hydrogens is 641 g/mol. The van der Waals surface area contributed by atoms with Gasteiger partial charge in [-0.3, -0.25) is 0 Å². The highest BCUT2D eigenvalue weighted by molar-refractivity contribution is 6.19. The minimum atomic E-state index is -0.138. The van der Waals surface area contributed by atoms with Gasteiger partial charge >= 0.3 is 0 Å². The standard InChI is InChI=1S/C51H36N2/c1-51(2)44-24-12-9-20-38(44)41-23-15-27-47(50(41)51)53-46-26-14-11-22-40(46)43-31-48-42(32-49(43)53)39-21-10-13-25-45(39)52(48)37-29-35(33-16-5-3-6-17-33)28-36(30-37)34-18-7-4-8-19-34/h3-32H,1-2H3. The van der Waals surface area contributed by atoms with E-state index in [2.05, 4.69) is 205 Å². The Morgan fingerprint density at radius 2 is 0.868 bits per heavy atom. The number of fused-ring (bicyclic) bond motifs is 9. The molecule has 1 aliphatic carbocycles. The summed E-state index contributed by atoms with van der Waals surface area (Å²) < 4.78 is 5.02. The molecule has 0 amide bonds. The van der Waals surface area contributed by atoms with Crippen LogP contribution in [0.15, 0.2) is 182 Å². The van der Waals surface area contributed by atoms with Crippen LogP contribution in [0, 0.1) is 0 Å². The first kappa shape index (κ1) is 30.0. The highest BCUT2D eigenvalue weighted by atomic mass is 15.0. The lowest BCUT2D eigenvalue weighted by Gasteiger charge is -2.25. The van der Waals surface area contributed by atoms with E-state index < -0.39 is 0 Å². The van der Waals surface area contributed by atoms with Gasteiger partial charge in [0.2, 0.25) is 0 Å². The van der Waals surface area contributed by atoms with Gasteiger partial charge in [0.1, 0.15) is 0 Å². The largest absolute Gasteiger partial charge is 0.309 e. The molecule has 0 bridgehead atoms. The Kier molecular flexibility index (Phi) is 6.33. The van der Waals surface area contributed by atoms with Crippen LogP contribution >= 0.6 is 0 Å². The lowest BCUT2D eigenvalue weighted by molar-refractivity contribution is 0.656. The highest BCUT2D eigenvalue weighted by Gasteiger charge is 2.38. The third-order valence-electron chi connectivity index (χ3n) is 11.7. The first-order valence-corrected chi connectivity index (χ1v) is 18.5. The quantitative estimate of drug-likeness (QED) is 0.176. The van der Waals surface area contributed by atoms with E-state index in [4.69, 9.17) is 0 Å². The Bertz CT molecular complexity index is 3010. The summed E-state index contributed by atoms with van der Waals surface area (Å²) in [6.07, 6.45) is 0. The van der Waals surface area contributed by atoms with Crippen LogP contribution in [0.4, 0.5) is 0 Å². The maximum Gasteiger partial charge on any atom is 0.0548 e. The second kappa shape index (κ2) is 11.2. The van der Waals surface area contributed by atoms with Crippen LogP contribution < -0.4 is 0 Å². The fourth-order valence-electron chi connectivity index (χ4n) is 9.31. The number of hydrogen-bond acceptors (Lipinski definition) is 0. The summed E-state index contributed by atoms with van der Waals surface area (Å²) in [5, 5.41) is 5.01. The molecule has 0 saturated carbocycles. The average Bonchev–Trinajstić information content (AvgIpc) is 3.80. The zero-order chi connectivity index (χ0) is 35.3. The molecule has 250 valence electrons. The van der Waals surface area contributed by atoms with Crippen molar-refractivity contribution >= 4 is 43.6 Å². The van der Waals surface area contributed by atoms with E-state index >= 15 is 0 Å². The average molecular weight is 677 g/mol. The van der Waals surface area contributed by atoms with Crippen molar-refractivity contribution in [2.24, 2.45) is 0 Å². The molecule has 2 heterocycles. The van der Waals surface area contributed by atoms with E-state index in [1.807, 2.05) is 0 Å². The molecule has 0 radical (unpaired) electrons. The molecule has 2 nitrogen and oxygen atoms in total. The molecule has 0 fully saturated rings. The molecule has 0 saturated heterocycles. The van der Waals surface area contributed by atoms with Crippen LogP contribution in [0.3, 0.4) is 0 Å². The van der Waals surface area contributed by atoms with Crippen molar-refractivity contribution in [3.63, 3.8) is 0 Å². The van der Waals surface area contributed by atoms with Crippen molar-refractivity contribution < 1.29 is 0 Å². The first-order valence-electron chi connectivity index (χ1n) is 18.5. The molecule has 1 aliphatic rings. The number of aromatic nitrogens is 2. The summed E-state index contributed by atoms with van der Waals surface area (Å²) in [5.74, 6) is 0. The zero-order valence-electron chi connectivity index (χ0n) is 29.7. The number of nitrogens with zero attached hydrogens (tertiary/aromatic N) is 2. The van der Waals surface area contributed by atoms with E-state index in [1.165, 1.54) is 93.8 Å². The monoisotopic (exact) mass is 676 g/mol. The Morgan fingerprint density at radius 3 is 1.51 bits per heavy atom. The fraction of sp³-hybridized carbons (Fsp3) is 0.0588. The molecule has 2 aromatic heterocycles. The summed E-state index contributed by atoms with van der Waals surface area (Å²) in [7, 11) is 0. The molecule has 0 atom stereocenters. The van der Waals surface area contributed by atoms with Gasteiger partial charge in [-0.1, -0.05) is 147 Å². The molecule has 0 unspecified atom stereocenters. The number of para-hydroxylation sites is 2. The molecule has 0 spiro atoms. The van der Waals surface area contributed by atoms with Gasteiger partial charge in [0, 0.05) is 32.6 Å². The van der Waals surface area contributed by atoms with Crippen molar-refractivity contribution in [1.29, 1.82) is 0 Å². The second-order valence-electron chi connectivity index (χ2n) is 15.0. The van der Waals surface area contributed by atoms with Crippen molar-refractivity contribution in [3.8, 4) is 44.8 Å². The van der Waals surface area contributed by atoms with Crippen LogP contribution in [0.1, 0.15) is 25.0 Å². The third kappa shape index (κ3) is 4.33.